The lowest BCUT2D eigenvalue weighted by Gasteiger charge is -2.35. The lowest BCUT2D eigenvalue weighted by atomic mass is 9.76. The van der Waals surface area contributed by atoms with E-state index in [2.05, 4.69) is 278 Å². The predicted molar refractivity (Wildman–Crippen MR) is 307 cm³/mol. The standard InChI is InChI=1S/C67H78N4O/c1-62(2,3)47-32-33-68-58(39-47)71-56-31-25-24-30-54(56)59-55(67(16,17)46-28-22-19-23-29-46)41-53(42-57(59)71)72-52-35-45(44-26-20-18-21-27-44)34-50(40-52)69-43-70(61(66(13,14)15)60(69)65(10,11)12)51-37-48(63(4,5)6)36-49(38-51)64(7,8)9/h18-42H,43H2,1-17H3. The number of allylic oxidation sites excluding steroid dienone is 2. The van der Waals surface area contributed by atoms with Crippen LogP contribution in [0.15, 0.2) is 163 Å². The van der Waals surface area contributed by atoms with E-state index in [9.17, 15) is 0 Å². The fourth-order valence-electron chi connectivity index (χ4n) is 10.7. The van der Waals surface area contributed by atoms with E-state index in [0.717, 1.165) is 45.2 Å². The van der Waals surface area contributed by atoms with Gasteiger partial charge in [0.1, 0.15) is 17.3 Å². The van der Waals surface area contributed by atoms with Crippen molar-refractivity contribution in [1.82, 2.24) is 9.55 Å². The SMILES string of the molecule is CC(C)(C)C1=C(C(C)(C)C)N(c2cc(C(C)(C)C)cc(C(C)(C)C)c2)CN1c1cc(Oc2cc(C(C)(C)c3ccccc3)c3c4ccccc4n(-c4cc(C(C)(C)C)ccn4)c3c2)cc(-c2ccccc2)c1. The Bertz CT molecular complexity index is 3300. The van der Waals surface area contributed by atoms with Crippen molar-refractivity contribution in [2.75, 3.05) is 16.5 Å². The first-order chi connectivity index (χ1) is 33.6. The van der Waals surface area contributed by atoms with Gasteiger partial charge in [-0.25, -0.2) is 4.98 Å². The molecule has 5 nitrogen and oxygen atoms in total. The number of benzene rings is 6. The van der Waals surface area contributed by atoms with Gasteiger partial charge in [-0.1, -0.05) is 203 Å². The molecule has 0 aliphatic carbocycles. The minimum absolute atomic E-state index is 0.0231. The number of hydrogen-bond donors (Lipinski definition) is 0. The van der Waals surface area contributed by atoms with Gasteiger partial charge < -0.3 is 14.5 Å². The van der Waals surface area contributed by atoms with Crippen LogP contribution in [0, 0.1) is 10.8 Å². The highest BCUT2D eigenvalue weighted by atomic mass is 16.5. The Morgan fingerprint density at radius 3 is 1.51 bits per heavy atom. The monoisotopic (exact) mass is 955 g/mol. The molecule has 1 aliphatic rings. The van der Waals surface area contributed by atoms with Crippen LogP contribution in [0.1, 0.15) is 146 Å². The van der Waals surface area contributed by atoms with Crippen LogP contribution in [0.3, 0.4) is 0 Å². The van der Waals surface area contributed by atoms with E-state index >= 15 is 0 Å². The molecule has 2 aromatic heterocycles. The number of ether oxygens (including phenoxy) is 1. The summed E-state index contributed by atoms with van der Waals surface area (Å²) in [5.74, 6) is 2.44. The normalized spacial score (nSPS) is 14.3. The second kappa shape index (κ2) is 17.9. The Labute approximate surface area is 431 Å². The van der Waals surface area contributed by atoms with E-state index in [0.29, 0.717) is 6.67 Å². The van der Waals surface area contributed by atoms with Crippen molar-refractivity contribution in [3.8, 4) is 28.4 Å². The number of fused-ring (bicyclic) bond motifs is 3. The minimum Gasteiger partial charge on any atom is -0.457 e. The molecule has 5 heteroatoms. The number of hydrogen-bond acceptors (Lipinski definition) is 4. The molecular weight excluding hydrogens is 877 g/mol. The summed E-state index contributed by atoms with van der Waals surface area (Å²) in [5.41, 5.74) is 14.9. The molecule has 0 bridgehead atoms. The summed E-state index contributed by atoms with van der Waals surface area (Å²) in [5, 5.41) is 2.39. The van der Waals surface area contributed by atoms with Crippen LogP contribution in [0.25, 0.3) is 38.8 Å². The molecule has 372 valence electrons. The van der Waals surface area contributed by atoms with E-state index < -0.39 is 5.41 Å². The lowest BCUT2D eigenvalue weighted by molar-refractivity contribution is 0.444. The molecule has 0 unspecified atom stereocenters. The van der Waals surface area contributed by atoms with Crippen LogP contribution < -0.4 is 14.5 Å². The third kappa shape index (κ3) is 9.60. The van der Waals surface area contributed by atoms with E-state index in [1.54, 1.807) is 0 Å². The first-order valence-corrected chi connectivity index (χ1v) is 26.1. The average molecular weight is 955 g/mol. The maximum absolute atomic E-state index is 7.43. The molecule has 1 aliphatic heterocycles. The largest absolute Gasteiger partial charge is 0.457 e. The van der Waals surface area contributed by atoms with Crippen molar-refractivity contribution in [3.63, 3.8) is 0 Å². The van der Waals surface area contributed by atoms with Crippen molar-refractivity contribution < 1.29 is 4.74 Å². The average Bonchev–Trinajstić information content (AvgIpc) is 3.89. The first kappa shape index (κ1) is 50.4. The maximum atomic E-state index is 7.43. The van der Waals surface area contributed by atoms with E-state index in [1.807, 2.05) is 6.20 Å². The Morgan fingerprint density at radius 1 is 0.417 bits per heavy atom. The van der Waals surface area contributed by atoms with Crippen LogP contribution in [0.5, 0.6) is 11.5 Å². The highest BCUT2D eigenvalue weighted by molar-refractivity contribution is 6.12. The van der Waals surface area contributed by atoms with Crippen LogP contribution in [0.2, 0.25) is 0 Å². The number of anilines is 2. The number of pyridine rings is 1. The van der Waals surface area contributed by atoms with Crippen molar-refractivity contribution >= 4 is 33.2 Å². The summed E-state index contributed by atoms with van der Waals surface area (Å²) in [4.78, 5) is 10.3. The molecule has 0 spiro atoms. The summed E-state index contributed by atoms with van der Waals surface area (Å²) >= 11 is 0. The second-order valence-electron chi connectivity index (χ2n) is 26.0. The Morgan fingerprint density at radius 2 is 0.944 bits per heavy atom. The zero-order valence-electron chi connectivity index (χ0n) is 46.3. The fourth-order valence-corrected chi connectivity index (χ4v) is 10.7. The second-order valence-corrected chi connectivity index (χ2v) is 26.0. The molecule has 6 aromatic carbocycles. The van der Waals surface area contributed by atoms with Crippen LogP contribution in [-0.2, 0) is 21.7 Å². The topological polar surface area (TPSA) is 33.5 Å². The smallest absolute Gasteiger partial charge is 0.137 e. The quantitative estimate of drug-likeness (QED) is 0.152. The summed E-state index contributed by atoms with van der Waals surface area (Å²) < 4.78 is 9.77. The van der Waals surface area contributed by atoms with Crippen LogP contribution >= 0.6 is 0 Å². The summed E-state index contributed by atoms with van der Waals surface area (Å²) in [6, 6.07) is 53.5. The number of aromatic nitrogens is 2. The molecule has 0 N–H and O–H groups in total. The van der Waals surface area contributed by atoms with Gasteiger partial charge in [-0.3, -0.25) is 4.57 Å². The maximum Gasteiger partial charge on any atom is 0.137 e. The van der Waals surface area contributed by atoms with Gasteiger partial charge in [0, 0.05) is 68.1 Å². The molecule has 8 aromatic rings. The number of nitrogens with zero attached hydrogens (tertiary/aromatic N) is 4. The van der Waals surface area contributed by atoms with Gasteiger partial charge in [-0.2, -0.15) is 0 Å². The van der Waals surface area contributed by atoms with E-state index in [-0.39, 0.29) is 27.1 Å². The molecule has 0 radical (unpaired) electrons. The van der Waals surface area contributed by atoms with Gasteiger partial charge in [0.15, 0.2) is 0 Å². The molecule has 9 rings (SSSR count). The molecule has 0 saturated carbocycles. The number of para-hydroxylation sites is 1. The predicted octanol–water partition coefficient (Wildman–Crippen LogP) is 18.4. The van der Waals surface area contributed by atoms with Gasteiger partial charge in [0.05, 0.1) is 17.7 Å². The first-order valence-electron chi connectivity index (χ1n) is 26.1. The van der Waals surface area contributed by atoms with Crippen molar-refractivity contribution in [2.45, 2.75) is 139 Å². The van der Waals surface area contributed by atoms with E-state index in [1.165, 1.54) is 55.7 Å². The zero-order chi connectivity index (χ0) is 51.9. The van der Waals surface area contributed by atoms with Crippen molar-refractivity contribution in [2.24, 2.45) is 10.8 Å². The van der Waals surface area contributed by atoms with Crippen molar-refractivity contribution in [1.29, 1.82) is 0 Å². The molecule has 0 amide bonds. The van der Waals surface area contributed by atoms with Gasteiger partial charge in [-0.05, 0) is 104 Å². The van der Waals surface area contributed by atoms with Gasteiger partial charge >= 0.3 is 0 Å². The van der Waals surface area contributed by atoms with Gasteiger partial charge in [0.2, 0.25) is 0 Å². The highest BCUT2D eigenvalue weighted by Crippen LogP contribution is 2.51. The summed E-state index contributed by atoms with van der Waals surface area (Å²) in [6.45, 7) is 40.3. The molecule has 0 saturated heterocycles. The zero-order valence-corrected chi connectivity index (χ0v) is 46.3. The summed E-state index contributed by atoms with van der Waals surface area (Å²) in [6.07, 6.45) is 1.96. The molecule has 0 atom stereocenters. The third-order valence-electron chi connectivity index (χ3n) is 14.7. The van der Waals surface area contributed by atoms with Crippen molar-refractivity contribution in [3.05, 3.63) is 191 Å². The van der Waals surface area contributed by atoms with Crippen LogP contribution in [-0.4, -0.2) is 16.2 Å². The molecule has 0 fully saturated rings. The van der Waals surface area contributed by atoms with Gasteiger partial charge in [0.25, 0.3) is 0 Å². The van der Waals surface area contributed by atoms with Crippen LogP contribution in [0.4, 0.5) is 11.4 Å². The third-order valence-corrected chi connectivity index (χ3v) is 14.7. The highest BCUT2D eigenvalue weighted by Gasteiger charge is 2.42. The van der Waals surface area contributed by atoms with E-state index in [4.69, 9.17) is 9.72 Å². The Hall–Kier alpha value is -6.59. The molecular formula is C67H78N4O. The lowest BCUT2D eigenvalue weighted by Crippen LogP contribution is -2.32. The minimum atomic E-state index is -0.391. The Balaban J connectivity index is 1.28. The molecule has 72 heavy (non-hydrogen) atoms. The molecule has 3 heterocycles. The number of rotatable bonds is 8. The Kier molecular flexibility index (Phi) is 12.5. The van der Waals surface area contributed by atoms with Gasteiger partial charge in [-0.15, -0.1) is 0 Å². The summed E-state index contributed by atoms with van der Waals surface area (Å²) in [7, 11) is 0. The fraction of sp³-hybridized carbons (Fsp3) is 0.358.